The molecule has 0 fully saturated rings. The van der Waals surface area contributed by atoms with E-state index in [-0.39, 0.29) is 6.61 Å². The summed E-state index contributed by atoms with van der Waals surface area (Å²) in [6, 6.07) is 8.84. The van der Waals surface area contributed by atoms with Crippen molar-refractivity contribution >= 4 is 0 Å². The Hall–Kier alpha value is -0.860. The van der Waals surface area contributed by atoms with Crippen LogP contribution in [0, 0.1) is 0 Å². The standard InChI is InChI=1S/C12H17NO/c1-2-13-8-11-6-4-3-5-10(11)7-12(13)9-14/h3-6,12,14H,2,7-9H2,1H3/t12-/m1/s1. The van der Waals surface area contributed by atoms with Gasteiger partial charge in [0.2, 0.25) is 0 Å². The molecule has 1 aliphatic heterocycles. The topological polar surface area (TPSA) is 23.5 Å². The van der Waals surface area contributed by atoms with Crippen LogP contribution in [0.25, 0.3) is 0 Å². The molecule has 0 saturated carbocycles. The van der Waals surface area contributed by atoms with Gasteiger partial charge in [-0.15, -0.1) is 0 Å². The van der Waals surface area contributed by atoms with E-state index in [9.17, 15) is 5.11 Å². The average molecular weight is 191 g/mol. The number of rotatable bonds is 2. The number of aliphatic hydroxyl groups excluding tert-OH is 1. The van der Waals surface area contributed by atoms with Crippen molar-refractivity contribution in [2.24, 2.45) is 0 Å². The third kappa shape index (κ3) is 1.68. The van der Waals surface area contributed by atoms with Gasteiger partial charge in [-0.25, -0.2) is 0 Å². The predicted octanol–water partition coefficient (Wildman–Crippen LogP) is 1.43. The number of hydrogen-bond donors (Lipinski definition) is 1. The van der Waals surface area contributed by atoms with E-state index in [2.05, 4.69) is 36.1 Å². The molecule has 76 valence electrons. The number of benzene rings is 1. The molecule has 14 heavy (non-hydrogen) atoms. The summed E-state index contributed by atoms with van der Waals surface area (Å²) >= 11 is 0. The van der Waals surface area contributed by atoms with Crippen LogP contribution in [0.3, 0.4) is 0 Å². The van der Waals surface area contributed by atoms with Crippen molar-refractivity contribution in [2.45, 2.75) is 25.9 Å². The predicted molar refractivity (Wildman–Crippen MR) is 57.1 cm³/mol. The monoisotopic (exact) mass is 191 g/mol. The largest absolute Gasteiger partial charge is 0.395 e. The summed E-state index contributed by atoms with van der Waals surface area (Å²) in [6.07, 6.45) is 0.987. The molecule has 1 N–H and O–H groups in total. The Bertz CT molecular complexity index is 280. The number of nitrogens with zero attached hydrogens (tertiary/aromatic N) is 1. The number of likely N-dealkylation sites (N-methyl/N-ethyl adjacent to an activating group) is 1. The highest BCUT2D eigenvalue weighted by atomic mass is 16.3. The van der Waals surface area contributed by atoms with Crippen molar-refractivity contribution in [3.05, 3.63) is 35.4 Å². The smallest absolute Gasteiger partial charge is 0.0590 e. The molecule has 0 aliphatic carbocycles. The Morgan fingerprint density at radius 1 is 1.36 bits per heavy atom. The van der Waals surface area contributed by atoms with Crippen LogP contribution in [0.1, 0.15) is 18.1 Å². The van der Waals surface area contributed by atoms with Crippen LogP contribution in [0.2, 0.25) is 0 Å². The zero-order valence-corrected chi connectivity index (χ0v) is 8.61. The molecule has 0 unspecified atom stereocenters. The first-order chi connectivity index (χ1) is 6.85. The molecule has 0 amide bonds. The fourth-order valence-electron chi connectivity index (χ4n) is 2.19. The first-order valence-electron chi connectivity index (χ1n) is 5.26. The van der Waals surface area contributed by atoms with Gasteiger partial charge in [-0.2, -0.15) is 0 Å². The highest BCUT2D eigenvalue weighted by molar-refractivity contribution is 5.30. The Morgan fingerprint density at radius 2 is 2.07 bits per heavy atom. The van der Waals surface area contributed by atoms with Gasteiger partial charge in [0.1, 0.15) is 0 Å². The molecule has 0 spiro atoms. The normalized spacial score (nSPS) is 22.0. The van der Waals surface area contributed by atoms with Gasteiger partial charge < -0.3 is 5.11 Å². The van der Waals surface area contributed by atoms with Gasteiger partial charge in [-0.3, -0.25) is 4.90 Å². The molecule has 0 bridgehead atoms. The fraction of sp³-hybridized carbons (Fsp3) is 0.500. The van der Waals surface area contributed by atoms with Crippen LogP contribution < -0.4 is 0 Å². The maximum atomic E-state index is 9.28. The Labute approximate surface area is 85.2 Å². The van der Waals surface area contributed by atoms with E-state index < -0.39 is 0 Å². The number of fused-ring (bicyclic) bond motifs is 1. The quantitative estimate of drug-likeness (QED) is 0.764. The lowest BCUT2D eigenvalue weighted by molar-refractivity contribution is 0.112. The van der Waals surface area contributed by atoms with Crippen molar-refractivity contribution in [1.82, 2.24) is 4.90 Å². The van der Waals surface area contributed by atoms with E-state index in [1.54, 1.807) is 0 Å². The lowest BCUT2D eigenvalue weighted by atomic mass is 9.94. The molecule has 0 radical (unpaired) electrons. The molecular formula is C12H17NO. The van der Waals surface area contributed by atoms with Crippen molar-refractivity contribution in [1.29, 1.82) is 0 Å². The van der Waals surface area contributed by atoms with E-state index in [0.717, 1.165) is 19.5 Å². The van der Waals surface area contributed by atoms with Gasteiger partial charge in [0.05, 0.1) is 6.61 Å². The van der Waals surface area contributed by atoms with E-state index in [1.807, 2.05) is 0 Å². The molecule has 0 saturated heterocycles. The maximum absolute atomic E-state index is 9.28. The van der Waals surface area contributed by atoms with Gasteiger partial charge in [0, 0.05) is 12.6 Å². The Kier molecular flexibility index (Phi) is 2.85. The Morgan fingerprint density at radius 3 is 2.71 bits per heavy atom. The SMILES string of the molecule is CCN1Cc2ccccc2C[C@@H]1CO. The summed E-state index contributed by atoms with van der Waals surface area (Å²) < 4.78 is 0. The van der Waals surface area contributed by atoms with Gasteiger partial charge in [0.15, 0.2) is 0 Å². The minimum atomic E-state index is 0.266. The second-order valence-corrected chi connectivity index (χ2v) is 3.87. The summed E-state index contributed by atoms with van der Waals surface area (Å²) in [5.74, 6) is 0. The highest BCUT2D eigenvalue weighted by Gasteiger charge is 2.23. The summed E-state index contributed by atoms with van der Waals surface area (Å²) in [5.41, 5.74) is 2.82. The van der Waals surface area contributed by atoms with E-state index >= 15 is 0 Å². The van der Waals surface area contributed by atoms with Crippen LogP contribution in [0.5, 0.6) is 0 Å². The lowest BCUT2D eigenvalue weighted by Crippen LogP contribution is -2.42. The molecule has 1 aromatic carbocycles. The van der Waals surface area contributed by atoms with E-state index in [1.165, 1.54) is 11.1 Å². The molecule has 2 nitrogen and oxygen atoms in total. The summed E-state index contributed by atoms with van der Waals surface area (Å²) in [5, 5.41) is 9.28. The van der Waals surface area contributed by atoms with Gasteiger partial charge in [-0.1, -0.05) is 31.2 Å². The molecule has 1 aromatic rings. The van der Waals surface area contributed by atoms with Crippen LogP contribution in [0.4, 0.5) is 0 Å². The van der Waals surface area contributed by atoms with Gasteiger partial charge in [-0.05, 0) is 24.1 Å². The number of aliphatic hydroxyl groups is 1. The van der Waals surface area contributed by atoms with E-state index in [0.29, 0.717) is 6.04 Å². The molecule has 1 aliphatic rings. The maximum Gasteiger partial charge on any atom is 0.0590 e. The van der Waals surface area contributed by atoms with Gasteiger partial charge in [0.25, 0.3) is 0 Å². The molecule has 1 atom stereocenters. The second kappa shape index (κ2) is 4.11. The first-order valence-corrected chi connectivity index (χ1v) is 5.26. The lowest BCUT2D eigenvalue weighted by Gasteiger charge is -2.35. The third-order valence-corrected chi connectivity index (χ3v) is 3.08. The molecular weight excluding hydrogens is 174 g/mol. The third-order valence-electron chi connectivity index (χ3n) is 3.08. The average Bonchev–Trinajstić information content (AvgIpc) is 2.27. The highest BCUT2D eigenvalue weighted by Crippen LogP contribution is 2.22. The van der Waals surface area contributed by atoms with Crippen molar-refractivity contribution in [3.8, 4) is 0 Å². The zero-order chi connectivity index (χ0) is 9.97. The van der Waals surface area contributed by atoms with Crippen molar-refractivity contribution in [3.63, 3.8) is 0 Å². The zero-order valence-electron chi connectivity index (χ0n) is 8.61. The molecule has 1 heterocycles. The van der Waals surface area contributed by atoms with Gasteiger partial charge >= 0.3 is 0 Å². The molecule has 2 heteroatoms. The van der Waals surface area contributed by atoms with Crippen molar-refractivity contribution in [2.75, 3.05) is 13.2 Å². The van der Waals surface area contributed by atoms with Crippen LogP contribution in [-0.4, -0.2) is 29.2 Å². The van der Waals surface area contributed by atoms with Crippen molar-refractivity contribution < 1.29 is 5.11 Å². The van der Waals surface area contributed by atoms with Crippen LogP contribution >= 0.6 is 0 Å². The summed E-state index contributed by atoms with van der Waals surface area (Å²) in [6.45, 7) is 4.41. The summed E-state index contributed by atoms with van der Waals surface area (Å²) in [4.78, 5) is 2.34. The second-order valence-electron chi connectivity index (χ2n) is 3.87. The van der Waals surface area contributed by atoms with Crippen LogP contribution in [0.15, 0.2) is 24.3 Å². The van der Waals surface area contributed by atoms with Crippen LogP contribution in [-0.2, 0) is 13.0 Å². The molecule has 2 rings (SSSR count). The van der Waals surface area contributed by atoms with E-state index in [4.69, 9.17) is 0 Å². The Balaban J connectivity index is 2.25. The minimum Gasteiger partial charge on any atom is -0.395 e. The summed E-state index contributed by atoms with van der Waals surface area (Å²) in [7, 11) is 0. The minimum absolute atomic E-state index is 0.266. The molecule has 0 aromatic heterocycles. The fourth-order valence-corrected chi connectivity index (χ4v) is 2.19. The first kappa shape index (κ1) is 9.69. The number of hydrogen-bond acceptors (Lipinski definition) is 2.